The topological polar surface area (TPSA) is 18.5 Å². The number of hydrogen-bond acceptors (Lipinski definition) is 3. The third-order valence-electron chi connectivity index (χ3n) is 5.59. The second-order valence-electron chi connectivity index (χ2n) is 9.17. The van der Waals surface area contributed by atoms with Gasteiger partial charge in [-0.3, -0.25) is 0 Å². The number of fused-ring (bicyclic) bond motifs is 1. The lowest BCUT2D eigenvalue weighted by atomic mass is 9.97. The van der Waals surface area contributed by atoms with Crippen molar-refractivity contribution < 1.29 is 70.9 Å². The number of thiophene rings is 1. The fourth-order valence-electron chi connectivity index (χ4n) is 3.73. The molecule has 0 saturated heterocycles. The quantitative estimate of drug-likeness (QED) is 0.211. The van der Waals surface area contributed by atoms with Gasteiger partial charge in [0, 0.05) is 5.41 Å². The number of ether oxygens (including phenoxy) is 2. The van der Waals surface area contributed by atoms with Gasteiger partial charge in [0.05, 0.1) is 34.1 Å². The maximum atomic E-state index is 14.9. The predicted octanol–water partition coefficient (Wildman–Crippen LogP) is 9.03. The Morgan fingerprint density at radius 2 is 0.800 bits per heavy atom. The molecule has 0 radical (unpaired) electrons. The zero-order chi connectivity index (χ0) is 30.3. The highest BCUT2D eigenvalue weighted by atomic mass is 32.1. The van der Waals surface area contributed by atoms with Gasteiger partial charge in [0.15, 0.2) is 58.0 Å². The van der Waals surface area contributed by atoms with Gasteiger partial charge in [-0.15, -0.1) is 11.3 Å². The molecule has 0 saturated carbocycles. The largest absolute Gasteiger partial charge is 0.487 e. The van der Waals surface area contributed by atoms with E-state index in [-0.39, 0.29) is 11.3 Å². The average Bonchev–Trinajstić information content (AvgIpc) is 3.06. The van der Waals surface area contributed by atoms with Crippen LogP contribution in [-0.4, -0.2) is 13.2 Å². The van der Waals surface area contributed by atoms with E-state index in [1.807, 2.05) is 0 Å². The highest BCUT2D eigenvalue weighted by Crippen LogP contribution is 2.57. The summed E-state index contributed by atoms with van der Waals surface area (Å²) in [5, 5.41) is 0. The van der Waals surface area contributed by atoms with Gasteiger partial charge in [-0.1, -0.05) is 13.8 Å². The Morgan fingerprint density at radius 3 is 1.05 bits per heavy atom. The van der Waals surface area contributed by atoms with Crippen LogP contribution in [0.1, 0.15) is 25.0 Å². The van der Waals surface area contributed by atoms with Crippen molar-refractivity contribution in [2.75, 3.05) is 13.2 Å². The molecule has 4 rings (SSSR count). The summed E-state index contributed by atoms with van der Waals surface area (Å²) in [7, 11) is 0. The fraction of sp³-hybridized carbons (Fsp3) is 0.304. The summed E-state index contributed by atoms with van der Waals surface area (Å²) >= 11 is -0.330. The van der Waals surface area contributed by atoms with Crippen LogP contribution < -0.4 is 9.47 Å². The third-order valence-corrected chi connectivity index (χ3v) is 6.77. The lowest BCUT2D eigenvalue weighted by molar-refractivity contribution is -0.144. The SMILES string of the molecule is CC1(C)COc2c(-c3c(F)c(F)c(C(F)(F)F)c(F)c3F)sc(-c3c(F)c(F)c(C(F)(F)F)c(F)c3F)c2OC1. The zero-order valence-corrected chi connectivity index (χ0v) is 20.2. The lowest BCUT2D eigenvalue weighted by Crippen LogP contribution is -2.26. The summed E-state index contributed by atoms with van der Waals surface area (Å²) in [5.74, 6) is -24.2. The minimum absolute atomic E-state index is 0.330. The molecule has 0 bridgehead atoms. The molecule has 1 aromatic heterocycles. The third kappa shape index (κ3) is 4.60. The Kier molecular flexibility index (Phi) is 7.00. The number of benzene rings is 2. The van der Waals surface area contributed by atoms with Gasteiger partial charge in [-0.25, -0.2) is 35.1 Å². The molecule has 2 heterocycles. The molecule has 0 amide bonds. The number of alkyl halides is 6. The van der Waals surface area contributed by atoms with Crippen molar-refractivity contribution >= 4 is 11.3 Å². The Balaban J connectivity index is 2.12. The first-order chi connectivity index (χ1) is 18.2. The Hall–Kier alpha value is -3.24. The number of hydrogen-bond donors (Lipinski definition) is 0. The Morgan fingerprint density at radius 1 is 0.525 bits per heavy atom. The standard InChI is InChI=1S/C23H10F14O2S/c1-21(2)3-38-17-18(39-4-21)20(6-11(26)15(30)8(23(35,36)37)16(31)12(6)27)40-19(17)5-9(24)13(28)7(22(32,33)34)14(29)10(5)25/h3-4H2,1-2H3. The molecule has 218 valence electrons. The summed E-state index contributed by atoms with van der Waals surface area (Å²) in [6.07, 6.45) is -11.8. The normalized spacial score (nSPS) is 15.4. The highest BCUT2D eigenvalue weighted by molar-refractivity contribution is 7.19. The van der Waals surface area contributed by atoms with Crippen molar-refractivity contribution in [1.82, 2.24) is 0 Å². The molecule has 1 aliphatic rings. The van der Waals surface area contributed by atoms with E-state index in [1.165, 1.54) is 13.8 Å². The van der Waals surface area contributed by atoms with E-state index in [9.17, 15) is 61.5 Å². The first-order valence-corrected chi connectivity index (χ1v) is 11.3. The van der Waals surface area contributed by atoms with Gasteiger partial charge in [-0.05, 0) is 0 Å². The van der Waals surface area contributed by atoms with Gasteiger partial charge >= 0.3 is 12.4 Å². The summed E-state index contributed by atoms with van der Waals surface area (Å²) in [5.41, 5.74) is -10.7. The first-order valence-electron chi connectivity index (χ1n) is 10.5. The van der Waals surface area contributed by atoms with Crippen molar-refractivity contribution in [3.8, 4) is 32.4 Å². The van der Waals surface area contributed by atoms with Crippen LogP contribution in [0.5, 0.6) is 11.5 Å². The van der Waals surface area contributed by atoms with Crippen LogP contribution >= 0.6 is 11.3 Å². The van der Waals surface area contributed by atoms with E-state index in [0.29, 0.717) is 0 Å². The lowest BCUT2D eigenvalue weighted by Gasteiger charge is -2.20. The van der Waals surface area contributed by atoms with Crippen LogP contribution in [0.15, 0.2) is 0 Å². The van der Waals surface area contributed by atoms with E-state index in [4.69, 9.17) is 9.47 Å². The molecule has 40 heavy (non-hydrogen) atoms. The summed E-state index contributed by atoms with van der Waals surface area (Å²) in [6.45, 7) is 1.97. The van der Waals surface area contributed by atoms with Crippen LogP contribution in [0.3, 0.4) is 0 Å². The smallest absolute Gasteiger partial charge is 0.422 e. The van der Waals surface area contributed by atoms with Crippen LogP contribution in [-0.2, 0) is 12.4 Å². The molecule has 0 atom stereocenters. The van der Waals surface area contributed by atoms with Crippen molar-refractivity contribution in [3.63, 3.8) is 0 Å². The minimum atomic E-state index is -5.92. The van der Waals surface area contributed by atoms with Crippen molar-refractivity contribution in [2.24, 2.45) is 5.41 Å². The maximum Gasteiger partial charge on any atom is 0.422 e. The first kappa shape index (κ1) is 29.7. The molecule has 2 aromatic carbocycles. The van der Waals surface area contributed by atoms with Crippen molar-refractivity contribution in [3.05, 3.63) is 57.7 Å². The van der Waals surface area contributed by atoms with Crippen LogP contribution in [0.2, 0.25) is 0 Å². The van der Waals surface area contributed by atoms with E-state index < -0.39 is 121 Å². The second-order valence-corrected chi connectivity index (χ2v) is 10.2. The Labute approximate surface area is 217 Å². The maximum absolute atomic E-state index is 14.9. The monoisotopic (exact) mass is 616 g/mol. The number of halogens is 14. The van der Waals surface area contributed by atoms with E-state index >= 15 is 0 Å². The molecule has 0 N–H and O–H groups in total. The molecule has 3 aromatic rings. The predicted molar refractivity (Wildman–Crippen MR) is 110 cm³/mol. The minimum Gasteiger partial charge on any atom is -0.487 e. The van der Waals surface area contributed by atoms with E-state index in [1.54, 1.807) is 0 Å². The molecule has 0 aliphatic carbocycles. The Bertz CT molecular complexity index is 1370. The fourth-order valence-corrected chi connectivity index (χ4v) is 4.98. The van der Waals surface area contributed by atoms with Crippen molar-refractivity contribution in [2.45, 2.75) is 26.2 Å². The van der Waals surface area contributed by atoms with Gasteiger partial charge in [-0.2, -0.15) is 26.3 Å². The molecule has 0 spiro atoms. The van der Waals surface area contributed by atoms with Gasteiger partial charge < -0.3 is 9.47 Å². The summed E-state index contributed by atoms with van der Waals surface area (Å²) < 4.78 is 206. The van der Waals surface area contributed by atoms with Crippen LogP contribution in [0.4, 0.5) is 61.5 Å². The van der Waals surface area contributed by atoms with Crippen LogP contribution in [0.25, 0.3) is 20.9 Å². The molecule has 17 heteroatoms. The molecule has 0 fully saturated rings. The average molecular weight is 616 g/mol. The molecule has 0 unspecified atom stereocenters. The van der Waals surface area contributed by atoms with Gasteiger partial charge in [0.2, 0.25) is 0 Å². The van der Waals surface area contributed by atoms with E-state index in [0.717, 1.165) is 0 Å². The summed E-state index contributed by atoms with van der Waals surface area (Å²) in [4.78, 5) is -2.38. The molecule has 2 nitrogen and oxygen atoms in total. The molecule has 1 aliphatic heterocycles. The highest BCUT2D eigenvalue weighted by Gasteiger charge is 2.46. The van der Waals surface area contributed by atoms with Gasteiger partial charge in [0.25, 0.3) is 0 Å². The zero-order valence-electron chi connectivity index (χ0n) is 19.4. The summed E-state index contributed by atoms with van der Waals surface area (Å²) in [6, 6.07) is 0. The van der Waals surface area contributed by atoms with Crippen molar-refractivity contribution in [1.29, 1.82) is 0 Å². The van der Waals surface area contributed by atoms with E-state index in [2.05, 4.69) is 0 Å². The van der Waals surface area contributed by atoms with Crippen LogP contribution in [0, 0.1) is 52.0 Å². The molecular formula is C23H10F14O2S. The number of rotatable bonds is 2. The second kappa shape index (κ2) is 9.41. The molecular weight excluding hydrogens is 606 g/mol. The van der Waals surface area contributed by atoms with Gasteiger partial charge in [0.1, 0.15) is 11.1 Å².